The van der Waals surface area contributed by atoms with Crippen LogP contribution in [0.4, 0.5) is 0 Å². The number of carbonyl (C=O) groups excluding carboxylic acids is 1. The predicted octanol–water partition coefficient (Wildman–Crippen LogP) is 3.94. The maximum Gasteiger partial charge on any atom is 0.244 e. The van der Waals surface area contributed by atoms with Crippen LogP contribution >= 0.6 is 15.9 Å². The molecule has 0 aromatic heterocycles. The van der Waals surface area contributed by atoms with Gasteiger partial charge in [0.25, 0.3) is 0 Å². The fourth-order valence-corrected chi connectivity index (χ4v) is 2.72. The van der Waals surface area contributed by atoms with Crippen LogP contribution in [0.25, 0.3) is 0 Å². The topological polar surface area (TPSA) is 59.9 Å². The molecular weight excluding hydrogens is 384 g/mol. The number of methoxy groups -OCH3 is 1. The normalized spacial score (nSPS) is 10.9. The Morgan fingerprint density at radius 1 is 1.28 bits per heavy atom. The van der Waals surface area contributed by atoms with Gasteiger partial charge in [-0.1, -0.05) is 30.3 Å². The molecular formula is C19H21BrN2O3. The highest BCUT2D eigenvalue weighted by Crippen LogP contribution is 2.36. The summed E-state index contributed by atoms with van der Waals surface area (Å²) in [5, 5.41) is 4.00. The molecule has 2 aromatic carbocycles. The van der Waals surface area contributed by atoms with E-state index in [9.17, 15) is 4.79 Å². The van der Waals surface area contributed by atoms with Gasteiger partial charge in [-0.3, -0.25) is 4.79 Å². The molecule has 0 saturated carbocycles. The lowest BCUT2D eigenvalue weighted by atomic mass is 10.1. The Bertz CT molecular complexity index is 746. The van der Waals surface area contributed by atoms with Crippen LogP contribution in [0, 0.1) is 0 Å². The zero-order valence-electron chi connectivity index (χ0n) is 14.5. The fraction of sp³-hybridized carbons (Fsp3) is 0.263. The summed E-state index contributed by atoms with van der Waals surface area (Å²) in [7, 11) is 1.58. The molecule has 0 spiro atoms. The largest absolute Gasteiger partial charge is 0.493 e. The summed E-state index contributed by atoms with van der Waals surface area (Å²) in [6, 6.07) is 13.2. The van der Waals surface area contributed by atoms with Gasteiger partial charge in [0.1, 0.15) is 0 Å². The molecule has 0 unspecified atom stereocenters. The summed E-state index contributed by atoms with van der Waals surface area (Å²) in [4.78, 5) is 11.9. The van der Waals surface area contributed by atoms with Crippen LogP contribution in [0.15, 0.2) is 52.0 Å². The molecule has 0 bridgehead atoms. The monoisotopic (exact) mass is 404 g/mol. The zero-order valence-corrected chi connectivity index (χ0v) is 16.0. The van der Waals surface area contributed by atoms with E-state index in [4.69, 9.17) is 9.47 Å². The second-order valence-electron chi connectivity index (χ2n) is 5.66. The Labute approximate surface area is 156 Å². The first-order chi connectivity index (χ1) is 12.0. The quantitative estimate of drug-likeness (QED) is 0.561. The number of hydrazone groups is 1. The smallest absolute Gasteiger partial charge is 0.244 e. The first kappa shape index (κ1) is 19.0. The van der Waals surface area contributed by atoms with Crippen LogP contribution in [-0.2, 0) is 11.2 Å². The molecule has 0 aliphatic heterocycles. The molecule has 2 rings (SSSR count). The second kappa shape index (κ2) is 9.22. The molecule has 1 amide bonds. The summed E-state index contributed by atoms with van der Waals surface area (Å²) >= 11 is 3.48. The number of nitrogens with zero attached hydrogens (tertiary/aromatic N) is 1. The molecule has 0 saturated heterocycles. The van der Waals surface area contributed by atoms with Gasteiger partial charge in [0.15, 0.2) is 11.5 Å². The number of carbonyl (C=O) groups is 1. The molecule has 0 radical (unpaired) electrons. The van der Waals surface area contributed by atoms with E-state index in [0.717, 1.165) is 15.6 Å². The number of benzene rings is 2. The lowest BCUT2D eigenvalue weighted by Gasteiger charge is -2.15. The molecule has 0 heterocycles. The molecule has 132 valence electrons. The Kier molecular flexibility index (Phi) is 7.01. The molecule has 1 N–H and O–H groups in total. The molecule has 2 aromatic rings. The van der Waals surface area contributed by atoms with Gasteiger partial charge in [0.05, 0.1) is 30.3 Å². The molecule has 5 nitrogen and oxygen atoms in total. The van der Waals surface area contributed by atoms with Gasteiger partial charge in [-0.25, -0.2) is 5.43 Å². The fourth-order valence-electron chi connectivity index (χ4n) is 2.16. The third-order valence-corrected chi connectivity index (χ3v) is 3.80. The van der Waals surface area contributed by atoms with Crippen molar-refractivity contribution in [1.82, 2.24) is 5.43 Å². The molecule has 0 aliphatic rings. The minimum absolute atomic E-state index is 0.0296. The minimum Gasteiger partial charge on any atom is -0.493 e. The van der Waals surface area contributed by atoms with Crippen molar-refractivity contribution in [3.63, 3.8) is 0 Å². The average Bonchev–Trinajstić information content (AvgIpc) is 2.57. The molecule has 6 heteroatoms. The van der Waals surface area contributed by atoms with Gasteiger partial charge in [-0.05, 0) is 53.0 Å². The second-order valence-corrected chi connectivity index (χ2v) is 6.51. The summed E-state index contributed by atoms with van der Waals surface area (Å²) in [6.07, 6.45) is 1.88. The van der Waals surface area contributed by atoms with Gasteiger partial charge >= 0.3 is 0 Å². The van der Waals surface area contributed by atoms with E-state index < -0.39 is 0 Å². The Morgan fingerprint density at radius 2 is 2.00 bits per heavy atom. The highest BCUT2D eigenvalue weighted by Gasteiger charge is 2.12. The first-order valence-corrected chi connectivity index (χ1v) is 8.69. The zero-order chi connectivity index (χ0) is 18.2. The summed E-state index contributed by atoms with van der Waals surface area (Å²) < 4.78 is 11.9. The average molecular weight is 405 g/mol. The standard InChI is InChI=1S/C19H21BrN2O3/c1-13(2)25-19-16(20)9-15(10-17(19)24-3)12-21-22-18(23)11-14-7-5-4-6-8-14/h4-10,12-13H,11H2,1-3H3,(H,22,23)/b21-12-. The van der Waals surface area contributed by atoms with Crippen LogP contribution in [-0.4, -0.2) is 25.3 Å². The van der Waals surface area contributed by atoms with Crippen LogP contribution in [0.5, 0.6) is 11.5 Å². The summed E-state index contributed by atoms with van der Waals surface area (Å²) in [5.74, 6) is 1.07. The highest BCUT2D eigenvalue weighted by atomic mass is 79.9. The van der Waals surface area contributed by atoms with Crippen LogP contribution in [0.1, 0.15) is 25.0 Å². The van der Waals surface area contributed by atoms with Crippen molar-refractivity contribution in [2.75, 3.05) is 7.11 Å². The number of rotatable bonds is 7. The van der Waals surface area contributed by atoms with E-state index in [-0.39, 0.29) is 18.4 Å². The predicted molar refractivity (Wildman–Crippen MR) is 102 cm³/mol. The van der Waals surface area contributed by atoms with Crippen molar-refractivity contribution >= 4 is 28.1 Å². The van der Waals surface area contributed by atoms with E-state index in [1.165, 1.54) is 0 Å². The highest BCUT2D eigenvalue weighted by molar-refractivity contribution is 9.10. The van der Waals surface area contributed by atoms with Gasteiger partial charge in [0, 0.05) is 0 Å². The Balaban J connectivity index is 2.03. The van der Waals surface area contributed by atoms with E-state index in [0.29, 0.717) is 11.5 Å². The number of amides is 1. The maximum absolute atomic E-state index is 11.9. The number of hydrogen-bond donors (Lipinski definition) is 1. The molecule has 0 atom stereocenters. The summed E-state index contributed by atoms with van der Waals surface area (Å²) in [6.45, 7) is 3.90. The van der Waals surface area contributed by atoms with E-state index in [1.54, 1.807) is 19.4 Å². The SMILES string of the molecule is COc1cc(/C=N\NC(=O)Cc2ccccc2)cc(Br)c1OC(C)C. The van der Waals surface area contributed by atoms with Gasteiger partial charge in [0.2, 0.25) is 5.91 Å². The molecule has 25 heavy (non-hydrogen) atoms. The Hall–Kier alpha value is -2.34. The Morgan fingerprint density at radius 3 is 2.64 bits per heavy atom. The first-order valence-electron chi connectivity index (χ1n) is 7.89. The number of halogens is 1. The van der Waals surface area contributed by atoms with Crippen molar-refractivity contribution in [1.29, 1.82) is 0 Å². The van der Waals surface area contributed by atoms with Crippen molar-refractivity contribution < 1.29 is 14.3 Å². The number of nitrogens with one attached hydrogen (secondary N) is 1. The van der Waals surface area contributed by atoms with Crippen molar-refractivity contribution in [3.05, 3.63) is 58.1 Å². The third kappa shape index (κ3) is 5.90. The van der Waals surface area contributed by atoms with Crippen molar-refractivity contribution in [2.45, 2.75) is 26.4 Å². The minimum atomic E-state index is -0.173. The number of hydrogen-bond acceptors (Lipinski definition) is 4. The van der Waals surface area contributed by atoms with Crippen molar-refractivity contribution in [3.8, 4) is 11.5 Å². The van der Waals surface area contributed by atoms with Gasteiger partial charge in [-0.15, -0.1) is 0 Å². The summed E-state index contributed by atoms with van der Waals surface area (Å²) in [5.41, 5.74) is 4.24. The van der Waals surface area contributed by atoms with Crippen molar-refractivity contribution in [2.24, 2.45) is 5.10 Å². The lowest BCUT2D eigenvalue weighted by Crippen LogP contribution is -2.19. The molecule has 0 fully saturated rings. The van der Waals surface area contributed by atoms with E-state index in [1.807, 2.05) is 50.2 Å². The molecule has 0 aliphatic carbocycles. The lowest BCUT2D eigenvalue weighted by molar-refractivity contribution is -0.120. The van der Waals surface area contributed by atoms with Crippen LogP contribution in [0.2, 0.25) is 0 Å². The van der Waals surface area contributed by atoms with Gasteiger partial charge in [-0.2, -0.15) is 5.10 Å². The van der Waals surface area contributed by atoms with Gasteiger partial charge < -0.3 is 9.47 Å². The van der Waals surface area contributed by atoms with Crippen LogP contribution < -0.4 is 14.9 Å². The van der Waals surface area contributed by atoms with E-state index >= 15 is 0 Å². The number of ether oxygens (including phenoxy) is 2. The maximum atomic E-state index is 11.9. The van der Waals surface area contributed by atoms with Crippen LogP contribution in [0.3, 0.4) is 0 Å². The third-order valence-electron chi connectivity index (χ3n) is 3.22. The van der Waals surface area contributed by atoms with E-state index in [2.05, 4.69) is 26.5 Å².